The third-order valence-corrected chi connectivity index (χ3v) is 5.98. The van der Waals surface area contributed by atoms with Crippen LogP contribution in [-0.2, 0) is 29.5 Å². The summed E-state index contributed by atoms with van der Waals surface area (Å²) in [5, 5.41) is 12.4. The monoisotopic (exact) mass is 379 g/mol. The summed E-state index contributed by atoms with van der Waals surface area (Å²) in [7, 11) is 1.96. The Bertz CT molecular complexity index is 902. The molecule has 0 unspecified atom stereocenters. The van der Waals surface area contributed by atoms with Crippen molar-refractivity contribution in [3.8, 4) is 6.07 Å². The van der Waals surface area contributed by atoms with Crippen LogP contribution in [0.2, 0.25) is 0 Å². The molecular formula is C21H25N5O2. The minimum Gasteiger partial charge on any atom is -0.380 e. The van der Waals surface area contributed by atoms with Gasteiger partial charge in [-0.15, -0.1) is 0 Å². The van der Waals surface area contributed by atoms with Crippen LogP contribution in [0.15, 0.2) is 36.7 Å². The molecule has 2 aromatic rings. The van der Waals surface area contributed by atoms with E-state index in [4.69, 9.17) is 4.74 Å². The fourth-order valence-electron chi connectivity index (χ4n) is 4.39. The third kappa shape index (κ3) is 3.41. The van der Waals surface area contributed by atoms with E-state index < -0.39 is 5.41 Å². The van der Waals surface area contributed by atoms with Crippen molar-refractivity contribution in [2.45, 2.75) is 13.0 Å². The van der Waals surface area contributed by atoms with Gasteiger partial charge in [0.1, 0.15) is 5.82 Å². The lowest BCUT2D eigenvalue weighted by Crippen LogP contribution is -2.47. The SMILES string of the molecule is Cn1ccnc1CCNC(=O)[C@]12COC[C@H]1CN(Cc1ccccc1C#N)C2. The summed E-state index contributed by atoms with van der Waals surface area (Å²) in [6, 6.07) is 9.93. The fourth-order valence-corrected chi connectivity index (χ4v) is 4.39. The first kappa shape index (κ1) is 18.7. The second-order valence-electron chi connectivity index (χ2n) is 7.77. The topological polar surface area (TPSA) is 83.2 Å². The summed E-state index contributed by atoms with van der Waals surface area (Å²) in [6.45, 7) is 3.79. The molecule has 0 spiro atoms. The number of aryl methyl sites for hydroxylation is 1. The number of fused-ring (bicyclic) bond motifs is 1. The predicted molar refractivity (Wildman–Crippen MR) is 103 cm³/mol. The lowest BCUT2D eigenvalue weighted by atomic mass is 9.80. The summed E-state index contributed by atoms with van der Waals surface area (Å²) in [5.74, 6) is 1.22. The Kier molecular flexibility index (Phi) is 5.16. The lowest BCUT2D eigenvalue weighted by molar-refractivity contribution is -0.131. The first-order valence-electron chi connectivity index (χ1n) is 9.65. The molecule has 0 radical (unpaired) electrons. The Balaban J connectivity index is 1.40. The Morgan fingerprint density at radius 1 is 1.46 bits per heavy atom. The first-order chi connectivity index (χ1) is 13.6. The number of hydrogen-bond acceptors (Lipinski definition) is 5. The van der Waals surface area contributed by atoms with Gasteiger partial charge in [0, 0.05) is 58.0 Å². The molecule has 1 aromatic heterocycles. The minimum absolute atomic E-state index is 0.0697. The van der Waals surface area contributed by atoms with Gasteiger partial charge in [0.25, 0.3) is 0 Å². The van der Waals surface area contributed by atoms with Crippen LogP contribution < -0.4 is 5.32 Å². The summed E-state index contributed by atoms with van der Waals surface area (Å²) in [6.07, 6.45) is 4.38. The van der Waals surface area contributed by atoms with Crippen molar-refractivity contribution in [2.75, 3.05) is 32.8 Å². The highest BCUT2D eigenvalue weighted by Gasteiger charge is 2.55. The molecule has 0 bridgehead atoms. The summed E-state index contributed by atoms with van der Waals surface area (Å²) in [5.41, 5.74) is 1.21. The molecule has 28 heavy (non-hydrogen) atoms. The molecule has 0 aliphatic carbocycles. The number of nitrogens with one attached hydrogen (secondary N) is 1. The largest absolute Gasteiger partial charge is 0.380 e. The molecule has 1 aromatic carbocycles. The quantitative estimate of drug-likeness (QED) is 0.813. The maximum atomic E-state index is 13.1. The Labute approximate surface area is 164 Å². The van der Waals surface area contributed by atoms with Crippen LogP contribution in [0.5, 0.6) is 0 Å². The van der Waals surface area contributed by atoms with Crippen molar-refractivity contribution in [2.24, 2.45) is 18.4 Å². The van der Waals surface area contributed by atoms with Gasteiger partial charge < -0.3 is 14.6 Å². The highest BCUT2D eigenvalue weighted by Crippen LogP contribution is 2.42. The summed E-state index contributed by atoms with van der Waals surface area (Å²) < 4.78 is 7.66. The zero-order valence-corrected chi connectivity index (χ0v) is 16.1. The second-order valence-corrected chi connectivity index (χ2v) is 7.77. The molecule has 1 N–H and O–H groups in total. The molecule has 2 aliphatic rings. The number of nitrogens with zero attached hydrogens (tertiary/aromatic N) is 4. The Morgan fingerprint density at radius 2 is 2.32 bits per heavy atom. The molecular weight excluding hydrogens is 354 g/mol. The molecule has 7 nitrogen and oxygen atoms in total. The van der Waals surface area contributed by atoms with E-state index in [0.29, 0.717) is 44.8 Å². The first-order valence-corrected chi connectivity index (χ1v) is 9.65. The number of carbonyl (C=O) groups is 1. The maximum Gasteiger partial charge on any atom is 0.230 e. The summed E-state index contributed by atoms with van der Waals surface area (Å²) in [4.78, 5) is 19.7. The van der Waals surface area contributed by atoms with Crippen LogP contribution in [-0.4, -0.2) is 53.2 Å². The van der Waals surface area contributed by atoms with E-state index >= 15 is 0 Å². The Hall–Kier alpha value is -2.69. The molecule has 146 valence electrons. The molecule has 1 amide bonds. The number of carbonyl (C=O) groups excluding carboxylic acids is 1. The normalized spacial score (nSPS) is 24.1. The van der Waals surface area contributed by atoms with E-state index in [-0.39, 0.29) is 11.8 Å². The van der Waals surface area contributed by atoms with Crippen LogP contribution in [0.4, 0.5) is 0 Å². The molecule has 3 heterocycles. The van der Waals surface area contributed by atoms with Crippen molar-refractivity contribution in [1.82, 2.24) is 19.8 Å². The van der Waals surface area contributed by atoms with Crippen LogP contribution >= 0.6 is 0 Å². The zero-order chi connectivity index (χ0) is 19.6. The Morgan fingerprint density at radius 3 is 3.11 bits per heavy atom. The predicted octanol–water partition coefficient (Wildman–Crippen LogP) is 1.10. The van der Waals surface area contributed by atoms with Gasteiger partial charge in [0.2, 0.25) is 5.91 Å². The molecule has 2 atom stereocenters. The van der Waals surface area contributed by atoms with Crippen LogP contribution in [0.3, 0.4) is 0 Å². The average Bonchev–Trinajstić information content (AvgIpc) is 3.37. The van der Waals surface area contributed by atoms with Crippen molar-refractivity contribution in [3.05, 3.63) is 53.6 Å². The molecule has 2 aliphatic heterocycles. The number of nitriles is 1. The summed E-state index contributed by atoms with van der Waals surface area (Å²) >= 11 is 0. The number of amides is 1. The molecule has 7 heteroatoms. The van der Waals surface area contributed by atoms with E-state index in [1.807, 2.05) is 42.1 Å². The zero-order valence-electron chi connectivity index (χ0n) is 16.1. The van der Waals surface area contributed by atoms with Gasteiger partial charge in [-0.1, -0.05) is 18.2 Å². The lowest BCUT2D eigenvalue weighted by Gasteiger charge is -2.26. The molecule has 2 fully saturated rings. The van der Waals surface area contributed by atoms with Crippen molar-refractivity contribution < 1.29 is 9.53 Å². The van der Waals surface area contributed by atoms with Crippen molar-refractivity contribution >= 4 is 5.91 Å². The molecule has 4 rings (SSSR count). The number of likely N-dealkylation sites (tertiary alicyclic amines) is 1. The smallest absolute Gasteiger partial charge is 0.230 e. The van der Waals surface area contributed by atoms with Gasteiger partial charge in [-0.3, -0.25) is 9.69 Å². The second kappa shape index (κ2) is 7.74. The third-order valence-electron chi connectivity index (χ3n) is 5.98. The van der Waals surface area contributed by atoms with E-state index in [1.165, 1.54) is 0 Å². The average molecular weight is 379 g/mol. The van der Waals surface area contributed by atoms with E-state index in [1.54, 1.807) is 6.20 Å². The highest BCUT2D eigenvalue weighted by atomic mass is 16.5. The number of imidazole rings is 1. The van der Waals surface area contributed by atoms with Crippen LogP contribution in [0, 0.1) is 22.7 Å². The highest BCUT2D eigenvalue weighted by molar-refractivity contribution is 5.84. The molecule has 0 saturated carbocycles. The van der Waals surface area contributed by atoms with Gasteiger partial charge >= 0.3 is 0 Å². The molecule has 2 saturated heterocycles. The van der Waals surface area contributed by atoms with Crippen LogP contribution in [0.1, 0.15) is 17.0 Å². The van der Waals surface area contributed by atoms with Gasteiger partial charge in [-0.25, -0.2) is 4.98 Å². The van der Waals surface area contributed by atoms with Gasteiger partial charge in [-0.05, 0) is 11.6 Å². The number of rotatable bonds is 6. The number of aromatic nitrogens is 2. The number of benzene rings is 1. The van der Waals surface area contributed by atoms with Gasteiger partial charge in [0.05, 0.1) is 30.3 Å². The standard InChI is InChI=1S/C21H25N5O2/c1-25-9-8-23-19(25)6-7-24-20(27)21-14-26(12-18(21)13-28-15-21)11-17-5-3-2-4-16(17)10-22/h2-5,8-9,18H,6-7,11-15H2,1H3,(H,24,27)/t18-,21-/m1/s1. The maximum absolute atomic E-state index is 13.1. The minimum atomic E-state index is -0.497. The fraction of sp³-hybridized carbons (Fsp3) is 0.476. The van der Waals surface area contributed by atoms with Gasteiger partial charge in [0.15, 0.2) is 0 Å². The van der Waals surface area contributed by atoms with E-state index in [2.05, 4.69) is 21.3 Å². The van der Waals surface area contributed by atoms with E-state index in [9.17, 15) is 10.1 Å². The number of ether oxygens (including phenoxy) is 1. The van der Waals surface area contributed by atoms with Crippen molar-refractivity contribution in [3.63, 3.8) is 0 Å². The number of hydrogen-bond donors (Lipinski definition) is 1. The van der Waals surface area contributed by atoms with Crippen LogP contribution in [0.25, 0.3) is 0 Å². The van der Waals surface area contributed by atoms with E-state index in [0.717, 1.165) is 17.9 Å². The van der Waals surface area contributed by atoms with Gasteiger partial charge in [-0.2, -0.15) is 5.26 Å². The van der Waals surface area contributed by atoms with Crippen molar-refractivity contribution in [1.29, 1.82) is 5.26 Å².